The van der Waals surface area contributed by atoms with Gasteiger partial charge in [0, 0.05) is 26.1 Å². The quantitative estimate of drug-likeness (QED) is 0.449. The molecule has 0 spiro atoms. The number of benzene rings is 1. The normalized spacial score (nSPS) is 11.1. The number of nitrogens with one attached hydrogen (secondary N) is 1. The fourth-order valence-electron chi connectivity index (χ4n) is 1.44. The van der Waals surface area contributed by atoms with Crippen molar-refractivity contribution in [3.8, 4) is 0 Å². The summed E-state index contributed by atoms with van der Waals surface area (Å²) in [4.78, 5) is 0. The summed E-state index contributed by atoms with van der Waals surface area (Å²) in [6, 6.07) is 8.39. The molecule has 0 saturated carbocycles. The van der Waals surface area contributed by atoms with Crippen LogP contribution in [-0.2, 0) is 17.9 Å². The fraction of sp³-hybridized carbons (Fsp3) is 0.385. The van der Waals surface area contributed by atoms with Gasteiger partial charge in [-0.1, -0.05) is 36.4 Å². The molecule has 3 heteroatoms. The molecule has 16 heavy (non-hydrogen) atoms. The highest BCUT2D eigenvalue weighted by molar-refractivity contribution is 6.18. The minimum absolute atomic E-state index is 0.574. The molecule has 1 aromatic carbocycles. The number of allylic oxidation sites excluding steroid dienone is 1. The van der Waals surface area contributed by atoms with E-state index in [-0.39, 0.29) is 0 Å². The predicted molar refractivity (Wildman–Crippen MR) is 68.7 cm³/mol. The molecule has 0 aliphatic rings. The molecule has 0 unspecified atom stereocenters. The second-order valence-corrected chi connectivity index (χ2v) is 3.82. The zero-order valence-electron chi connectivity index (χ0n) is 9.58. The lowest BCUT2D eigenvalue weighted by atomic mass is 10.1. The van der Waals surface area contributed by atoms with Crippen molar-refractivity contribution in [3.05, 3.63) is 47.5 Å². The number of halogens is 1. The molecule has 88 valence electrons. The summed E-state index contributed by atoms with van der Waals surface area (Å²) < 4.78 is 5.09. The van der Waals surface area contributed by atoms with Crippen LogP contribution in [-0.4, -0.2) is 19.5 Å². The van der Waals surface area contributed by atoms with Crippen LogP contribution in [0.5, 0.6) is 0 Å². The fourth-order valence-corrected chi connectivity index (χ4v) is 1.57. The van der Waals surface area contributed by atoms with Crippen LogP contribution in [0, 0.1) is 0 Å². The Morgan fingerprint density at radius 1 is 1.31 bits per heavy atom. The van der Waals surface area contributed by atoms with E-state index in [9.17, 15) is 0 Å². The summed E-state index contributed by atoms with van der Waals surface area (Å²) in [5.41, 5.74) is 2.48. The highest BCUT2D eigenvalue weighted by Gasteiger charge is 1.94. The number of alkyl halides is 1. The summed E-state index contributed by atoms with van der Waals surface area (Å²) >= 11 is 5.52. The lowest BCUT2D eigenvalue weighted by Crippen LogP contribution is -2.12. The van der Waals surface area contributed by atoms with Gasteiger partial charge in [-0.2, -0.15) is 0 Å². The minimum atomic E-state index is 0.574. The van der Waals surface area contributed by atoms with Crippen LogP contribution in [0.15, 0.2) is 36.4 Å². The lowest BCUT2D eigenvalue weighted by Gasteiger charge is -2.05. The molecule has 0 atom stereocenters. The van der Waals surface area contributed by atoms with Crippen LogP contribution in [0.4, 0.5) is 0 Å². The summed E-state index contributed by atoms with van der Waals surface area (Å²) in [5.74, 6) is 0.574. The smallest absolute Gasteiger partial charge is 0.0713 e. The first-order valence-corrected chi connectivity index (χ1v) is 5.88. The molecule has 0 aliphatic carbocycles. The van der Waals surface area contributed by atoms with Crippen LogP contribution in [0.3, 0.4) is 0 Å². The summed E-state index contributed by atoms with van der Waals surface area (Å²) in [5, 5.41) is 3.32. The van der Waals surface area contributed by atoms with Crippen molar-refractivity contribution in [2.24, 2.45) is 0 Å². The van der Waals surface area contributed by atoms with Crippen LogP contribution < -0.4 is 5.32 Å². The number of methoxy groups -OCH3 is 1. The van der Waals surface area contributed by atoms with Crippen molar-refractivity contribution in [1.82, 2.24) is 5.32 Å². The van der Waals surface area contributed by atoms with Gasteiger partial charge in [-0.3, -0.25) is 0 Å². The van der Waals surface area contributed by atoms with Crippen LogP contribution in [0.25, 0.3) is 0 Å². The van der Waals surface area contributed by atoms with E-state index in [1.807, 2.05) is 12.2 Å². The van der Waals surface area contributed by atoms with Gasteiger partial charge in [0.05, 0.1) is 6.61 Å². The molecular weight excluding hydrogens is 222 g/mol. The molecule has 1 aromatic rings. The molecule has 0 saturated heterocycles. The van der Waals surface area contributed by atoms with Crippen LogP contribution in [0.2, 0.25) is 0 Å². The number of ether oxygens (including phenoxy) is 1. The Morgan fingerprint density at radius 2 is 2.12 bits per heavy atom. The van der Waals surface area contributed by atoms with Gasteiger partial charge in [-0.25, -0.2) is 0 Å². The van der Waals surface area contributed by atoms with Gasteiger partial charge in [0.2, 0.25) is 0 Å². The van der Waals surface area contributed by atoms with Crippen molar-refractivity contribution >= 4 is 11.6 Å². The highest BCUT2D eigenvalue weighted by Crippen LogP contribution is 2.05. The van der Waals surface area contributed by atoms with Gasteiger partial charge in [-0.05, 0) is 11.1 Å². The molecule has 0 aromatic heterocycles. The lowest BCUT2D eigenvalue weighted by molar-refractivity contribution is 0.185. The Hall–Kier alpha value is -0.830. The first-order chi connectivity index (χ1) is 7.86. The van der Waals surface area contributed by atoms with E-state index < -0.39 is 0 Å². The molecule has 0 fully saturated rings. The Labute approximate surface area is 102 Å². The maximum Gasteiger partial charge on any atom is 0.0713 e. The van der Waals surface area contributed by atoms with Gasteiger partial charge in [0.1, 0.15) is 0 Å². The van der Waals surface area contributed by atoms with E-state index in [4.69, 9.17) is 16.3 Å². The first kappa shape index (κ1) is 13.2. The molecule has 0 amide bonds. The molecule has 2 nitrogen and oxygen atoms in total. The van der Waals surface area contributed by atoms with Crippen molar-refractivity contribution in [2.75, 3.05) is 19.5 Å². The zero-order valence-corrected chi connectivity index (χ0v) is 10.3. The SMILES string of the molecule is COCc1cccc(CNC/C=C/CCl)c1. The third-order valence-corrected chi connectivity index (χ3v) is 2.33. The van der Waals surface area contributed by atoms with E-state index in [0.717, 1.165) is 13.1 Å². The second kappa shape index (κ2) is 8.34. The van der Waals surface area contributed by atoms with E-state index >= 15 is 0 Å². The summed E-state index contributed by atoms with van der Waals surface area (Å²) in [6.07, 6.45) is 3.97. The van der Waals surface area contributed by atoms with Crippen molar-refractivity contribution < 1.29 is 4.74 Å². The van der Waals surface area contributed by atoms with Crippen LogP contribution in [0.1, 0.15) is 11.1 Å². The number of hydrogen-bond donors (Lipinski definition) is 1. The van der Waals surface area contributed by atoms with E-state index in [2.05, 4.69) is 29.6 Å². The Morgan fingerprint density at radius 3 is 2.88 bits per heavy atom. The van der Waals surface area contributed by atoms with E-state index in [1.54, 1.807) is 7.11 Å². The molecule has 0 radical (unpaired) electrons. The molecular formula is C13H18ClNO. The maximum atomic E-state index is 5.52. The van der Waals surface area contributed by atoms with Gasteiger partial charge >= 0.3 is 0 Å². The average Bonchev–Trinajstić information content (AvgIpc) is 2.30. The van der Waals surface area contributed by atoms with Gasteiger partial charge in [-0.15, -0.1) is 11.6 Å². The number of rotatable bonds is 7. The summed E-state index contributed by atoms with van der Waals surface area (Å²) in [6.45, 7) is 2.38. The minimum Gasteiger partial charge on any atom is -0.380 e. The van der Waals surface area contributed by atoms with E-state index in [1.165, 1.54) is 11.1 Å². The first-order valence-electron chi connectivity index (χ1n) is 5.35. The van der Waals surface area contributed by atoms with Crippen molar-refractivity contribution in [2.45, 2.75) is 13.2 Å². The second-order valence-electron chi connectivity index (χ2n) is 3.51. The molecule has 0 aliphatic heterocycles. The topological polar surface area (TPSA) is 21.3 Å². The van der Waals surface area contributed by atoms with Crippen LogP contribution >= 0.6 is 11.6 Å². The maximum absolute atomic E-state index is 5.52. The Bertz CT molecular complexity index is 325. The van der Waals surface area contributed by atoms with Crippen molar-refractivity contribution in [1.29, 1.82) is 0 Å². The average molecular weight is 240 g/mol. The zero-order chi connectivity index (χ0) is 11.6. The predicted octanol–water partition coefficient (Wildman–Crippen LogP) is 2.72. The Kier molecular flexibility index (Phi) is 6.90. The largest absolute Gasteiger partial charge is 0.380 e. The molecule has 0 bridgehead atoms. The van der Waals surface area contributed by atoms with Gasteiger partial charge in [0.15, 0.2) is 0 Å². The van der Waals surface area contributed by atoms with E-state index in [0.29, 0.717) is 12.5 Å². The summed E-state index contributed by atoms with van der Waals surface area (Å²) in [7, 11) is 1.71. The molecule has 0 heterocycles. The third-order valence-electron chi connectivity index (χ3n) is 2.15. The van der Waals surface area contributed by atoms with Gasteiger partial charge in [0.25, 0.3) is 0 Å². The highest BCUT2D eigenvalue weighted by atomic mass is 35.5. The Balaban J connectivity index is 2.35. The van der Waals surface area contributed by atoms with Crippen molar-refractivity contribution in [3.63, 3.8) is 0 Å². The third kappa shape index (κ3) is 5.31. The van der Waals surface area contributed by atoms with Gasteiger partial charge < -0.3 is 10.1 Å². The standard InChI is InChI=1S/C13H18ClNO/c1-16-11-13-6-4-5-12(9-13)10-15-8-3-2-7-14/h2-6,9,15H,7-8,10-11H2,1H3/b3-2+. The monoisotopic (exact) mass is 239 g/mol. The number of hydrogen-bond acceptors (Lipinski definition) is 2. The molecule has 1 N–H and O–H groups in total. The molecule has 1 rings (SSSR count).